The van der Waals surface area contributed by atoms with Gasteiger partial charge >= 0.3 is 0 Å². The van der Waals surface area contributed by atoms with E-state index in [-0.39, 0.29) is 11.5 Å². The van der Waals surface area contributed by atoms with E-state index >= 15 is 0 Å². The molecular formula is C11H21N3O2S. The van der Waals surface area contributed by atoms with E-state index in [0.29, 0.717) is 13.0 Å². The Kier molecular flexibility index (Phi) is 5.64. The van der Waals surface area contributed by atoms with Crippen LogP contribution in [0.1, 0.15) is 26.0 Å². The van der Waals surface area contributed by atoms with Crippen molar-refractivity contribution >= 4 is 9.84 Å². The molecule has 0 unspecified atom stereocenters. The van der Waals surface area contributed by atoms with E-state index < -0.39 is 9.84 Å². The minimum absolute atomic E-state index is 0.220. The van der Waals surface area contributed by atoms with Gasteiger partial charge in [-0.25, -0.2) is 8.42 Å². The lowest BCUT2D eigenvalue weighted by atomic mass is 10.4. The maximum Gasteiger partial charge on any atom is 0.150 e. The zero-order chi connectivity index (χ0) is 12.7. The van der Waals surface area contributed by atoms with Crippen LogP contribution in [0.2, 0.25) is 0 Å². The molecule has 0 amide bonds. The van der Waals surface area contributed by atoms with Crippen LogP contribution in [-0.4, -0.2) is 36.2 Å². The average Bonchev–Trinajstić information content (AvgIpc) is 2.74. The predicted molar refractivity (Wildman–Crippen MR) is 68.6 cm³/mol. The monoisotopic (exact) mass is 259 g/mol. The van der Waals surface area contributed by atoms with Crippen molar-refractivity contribution in [2.45, 2.75) is 33.4 Å². The van der Waals surface area contributed by atoms with Gasteiger partial charge in [0, 0.05) is 25.0 Å². The highest BCUT2D eigenvalue weighted by Gasteiger charge is 2.07. The summed E-state index contributed by atoms with van der Waals surface area (Å²) >= 11 is 0. The Hall–Kier alpha value is -0.880. The first-order chi connectivity index (χ1) is 8.07. The molecule has 0 aliphatic heterocycles. The molecule has 1 aromatic heterocycles. The van der Waals surface area contributed by atoms with E-state index in [1.807, 2.05) is 19.2 Å². The fraction of sp³-hybridized carbons (Fsp3) is 0.727. The molecule has 0 fully saturated rings. The van der Waals surface area contributed by atoms with Crippen molar-refractivity contribution in [2.24, 2.45) is 0 Å². The molecule has 6 heteroatoms. The zero-order valence-corrected chi connectivity index (χ0v) is 11.3. The molecule has 0 atom stereocenters. The van der Waals surface area contributed by atoms with Crippen molar-refractivity contribution in [3.63, 3.8) is 0 Å². The van der Waals surface area contributed by atoms with Gasteiger partial charge in [0.2, 0.25) is 0 Å². The third-order valence-electron chi connectivity index (χ3n) is 2.53. The maximum atomic E-state index is 11.3. The number of rotatable bonds is 8. The Bertz CT molecular complexity index is 426. The molecule has 17 heavy (non-hydrogen) atoms. The second-order valence-corrected chi connectivity index (χ2v) is 6.41. The van der Waals surface area contributed by atoms with Crippen molar-refractivity contribution in [3.8, 4) is 0 Å². The Morgan fingerprint density at radius 1 is 1.41 bits per heavy atom. The fourth-order valence-corrected chi connectivity index (χ4v) is 2.32. The lowest BCUT2D eigenvalue weighted by molar-refractivity contribution is 0.567. The lowest BCUT2D eigenvalue weighted by Gasteiger charge is -2.02. The van der Waals surface area contributed by atoms with Crippen molar-refractivity contribution in [2.75, 3.05) is 18.1 Å². The molecule has 0 saturated carbocycles. The molecule has 1 N–H and O–H groups in total. The summed E-state index contributed by atoms with van der Waals surface area (Å²) in [6, 6.07) is 1.96. The van der Waals surface area contributed by atoms with Gasteiger partial charge in [0.15, 0.2) is 0 Å². The van der Waals surface area contributed by atoms with E-state index in [0.717, 1.165) is 18.8 Å². The van der Waals surface area contributed by atoms with Crippen LogP contribution in [0.3, 0.4) is 0 Å². The maximum absolute atomic E-state index is 11.3. The molecular weight excluding hydrogens is 238 g/mol. The second kappa shape index (κ2) is 6.76. The highest BCUT2D eigenvalue weighted by atomic mass is 32.2. The largest absolute Gasteiger partial charge is 0.311 e. The van der Waals surface area contributed by atoms with E-state index in [1.165, 1.54) is 0 Å². The normalized spacial score (nSPS) is 11.9. The Labute approximate surface area is 103 Å². The van der Waals surface area contributed by atoms with Crippen LogP contribution in [0.15, 0.2) is 12.3 Å². The van der Waals surface area contributed by atoms with E-state index in [4.69, 9.17) is 0 Å². The van der Waals surface area contributed by atoms with Gasteiger partial charge in [-0.2, -0.15) is 5.10 Å². The average molecular weight is 259 g/mol. The number of nitrogens with zero attached hydrogens (tertiary/aromatic N) is 2. The molecule has 1 heterocycles. The molecule has 0 radical (unpaired) electrons. The van der Waals surface area contributed by atoms with Gasteiger partial charge in [-0.1, -0.05) is 13.8 Å². The SMILES string of the molecule is CCNCc1ccn(CCCS(=O)(=O)CC)n1. The number of aromatic nitrogens is 2. The van der Waals surface area contributed by atoms with Crippen molar-refractivity contribution in [3.05, 3.63) is 18.0 Å². The molecule has 0 aromatic carbocycles. The van der Waals surface area contributed by atoms with E-state index in [1.54, 1.807) is 11.6 Å². The summed E-state index contributed by atoms with van der Waals surface area (Å²) in [6.07, 6.45) is 2.52. The third-order valence-corrected chi connectivity index (χ3v) is 4.32. The number of aryl methyl sites for hydroxylation is 1. The van der Waals surface area contributed by atoms with Crippen LogP contribution < -0.4 is 5.32 Å². The summed E-state index contributed by atoms with van der Waals surface area (Å²) < 4.78 is 24.4. The number of hydrogen-bond acceptors (Lipinski definition) is 4. The summed E-state index contributed by atoms with van der Waals surface area (Å²) in [5.74, 6) is 0.462. The molecule has 0 aliphatic carbocycles. The molecule has 0 aliphatic rings. The van der Waals surface area contributed by atoms with Crippen LogP contribution >= 0.6 is 0 Å². The fourth-order valence-electron chi connectivity index (χ4n) is 1.47. The van der Waals surface area contributed by atoms with Crippen LogP contribution in [0.5, 0.6) is 0 Å². The minimum Gasteiger partial charge on any atom is -0.311 e. The van der Waals surface area contributed by atoms with Crippen LogP contribution in [0.25, 0.3) is 0 Å². The topological polar surface area (TPSA) is 64.0 Å². The molecule has 1 aromatic rings. The number of hydrogen-bond donors (Lipinski definition) is 1. The van der Waals surface area contributed by atoms with Crippen molar-refractivity contribution in [1.82, 2.24) is 15.1 Å². The van der Waals surface area contributed by atoms with Crippen LogP contribution in [0.4, 0.5) is 0 Å². The molecule has 1 rings (SSSR count). The van der Waals surface area contributed by atoms with Gasteiger partial charge in [0.25, 0.3) is 0 Å². The molecule has 5 nitrogen and oxygen atoms in total. The second-order valence-electron chi connectivity index (χ2n) is 3.94. The first-order valence-electron chi connectivity index (χ1n) is 6.01. The number of nitrogens with one attached hydrogen (secondary N) is 1. The standard InChI is InChI=1S/C11H21N3O2S/c1-3-12-10-11-6-8-14(13-11)7-5-9-17(15,16)4-2/h6,8,12H,3-5,7,9-10H2,1-2H3. The summed E-state index contributed by atoms with van der Waals surface area (Å²) in [7, 11) is -2.85. The summed E-state index contributed by atoms with van der Waals surface area (Å²) in [5.41, 5.74) is 0.991. The number of sulfone groups is 1. The van der Waals surface area contributed by atoms with E-state index in [2.05, 4.69) is 10.4 Å². The summed E-state index contributed by atoms with van der Waals surface area (Å²) in [6.45, 7) is 6.06. The predicted octanol–water partition coefficient (Wildman–Crippen LogP) is 0.817. The third kappa shape index (κ3) is 5.32. The molecule has 0 saturated heterocycles. The Morgan fingerprint density at radius 2 is 2.18 bits per heavy atom. The Morgan fingerprint density at radius 3 is 2.82 bits per heavy atom. The van der Waals surface area contributed by atoms with E-state index in [9.17, 15) is 8.42 Å². The summed E-state index contributed by atoms with van der Waals surface area (Å²) in [5, 5.41) is 7.55. The van der Waals surface area contributed by atoms with Crippen molar-refractivity contribution < 1.29 is 8.42 Å². The van der Waals surface area contributed by atoms with Gasteiger partial charge in [0.1, 0.15) is 9.84 Å². The smallest absolute Gasteiger partial charge is 0.150 e. The quantitative estimate of drug-likeness (QED) is 0.750. The van der Waals surface area contributed by atoms with Gasteiger partial charge in [0.05, 0.1) is 11.4 Å². The highest BCUT2D eigenvalue weighted by Crippen LogP contribution is 1.99. The van der Waals surface area contributed by atoms with Gasteiger partial charge in [-0.15, -0.1) is 0 Å². The summed E-state index contributed by atoms with van der Waals surface area (Å²) in [4.78, 5) is 0. The first kappa shape index (κ1) is 14.2. The lowest BCUT2D eigenvalue weighted by Crippen LogP contribution is -2.13. The van der Waals surface area contributed by atoms with Gasteiger partial charge in [-0.3, -0.25) is 4.68 Å². The minimum atomic E-state index is -2.85. The molecule has 98 valence electrons. The Balaban J connectivity index is 2.35. The zero-order valence-electron chi connectivity index (χ0n) is 10.5. The van der Waals surface area contributed by atoms with Crippen LogP contribution in [0, 0.1) is 0 Å². The van der Waals surface area contributed by atoms with Gasteiger partial charge < -0.3 is 5.32 Å². The molecule has 0 spiro atoms. The van der Waals surface area contributed by atoms with Gasteiger partial charge in [-0.05, 0) is 19.0 Å². The first-order valence-corrected chi connectivity index (χ1v) is 7.83. The van der Waals surface area contributed by atoms with Crippen LogP contribution in [-0.2, 0) is 22.9 Å². The molecule has 0 bridgehead atoms. The highest BCUT2D eigenvalue weighted by molar-refractivity contribution is 7.91. The van der Waals surface area contributed by atoms with Crippen molar-refractivity contribution in [1.29, 1.82) is 0 Å².